The van der Waals surface area contributed by atoms with Crippen LogP contribution in [0.25, 0.3) is 0 Å². The summed E-state index contributed by atoms with van der Waals surface area (Å²) >= 11 is 0. The molecular formula is C15H18FN3O. The molecule has 1 unspecified atom stereocenters. The maximum atomic E-state index is 12.8. The number of aromatic nitrogens is 2. The van der Waals surface area contributed by atoms with Crippen molar-refractivity contribution in [3.8, 4) is 0 Å². The number of aryl methyl sites for hydroxylation is 1. The topological polar surface area (TPSA) is 57.8 Å². The Bertz CT molecular complexity index is 622. The summed E-state index contributed by atoms with van der Waals surface area (Å²) in [6.45, 7) is 3.93. The van der Waals surface area contributed by atoms with E-state index in [4.69, 9.17) is 0 Å². The summed E-state index contributed by atoms with van der Waals surface area (Å²) < 4.78 is 12.8. The zero-order valence-corrected chi connectivity index (χ0v) is 11.6. The first kappa shape index (κ1) is 14.2. The van der Waals surface area contributed by atoms with Crippen LogP contribution in [0.15, 0.2) is 35.1 Å². The number of nitrogens with one attached hydrogen (secondary N) is 2. The van der Waals surface area contributed by atoms with Crippen molar-refractivity contribution >= 4 is 5.82 Å². The second-order valence-electron chi connectivity index (χ2n) is 4.81. The highest BCUT2D eigenvalue weighted by atomic mass is 19.1. The number of rotatable bonds is 5. The SMILES string of the molecule is CCc1nc(NC(C)Cc2ccc(F)cc2)cc(=O)[nH]1. The molecule has 0 radical (unpaired) electrons. The molecule has 0 aliphatic heterocycles. The molecule has 0 aliphatic carbocycles. The van der Waals surface area contributed by atoms with Gasteiger partial charge in [-0.3, -0.25) is 4.79 Å². The molecule has 2 N–H and O–H groups in total. The molecule has 2 rings (SSSR count). The molecule has 0 saturated heterocycles. The standard InChI is InChI=1S/C15H18FN3O/c1-3-13-18-14(9-15(20)19-13)17-10(2)8-11-4-6-12(16)7-5-11/h4-7,9-10H,3,8H2,1-2H3,(H2,17,18,19,20). The number of hydrogen-bond acceptors (Lipinski definition) is 3. The molecule has 1 aromatic carbocycles. The van der Waals surface area contributed by atoms with E-state index in [0.717, 1.165) is 12.0 Å². The molecule has 106 valence electrons. The van der Waals surface area contributed by atoms with E-state index in [0.29, 0.717) is 18.1 Å². The van der Waals surface area contributed by atoms with E-state index in [1.807, 2.05) is 13.8 Å². The summed E-state index contributed by atoms with van der Waals surface area (Å²) in [6, 6.07) is 7.96. The van der Waals surface area contributed by atoms with Crippen LogP contribution < -0.4 is 10.9 Å². The lowest BCUT2D eigenvalue weighted by molar-refractivity contribution is 0.626. The third kappa shape index (κ3) is 3.91. The zero-order valence-electron chi connectivity index (χ0n) is 11.6. The lowest BCUT2D eigenvalue weighted by Gasteiger charge is -2.14. The zero-order chi connectivity index (χ0) is 14.5. The van der Waals surface area contributed by atoms with Gasteiger partial charge in [0, 0.05) is 18.5 Å². The smallest absolute Gasteiger partial charge is 0.252 e. The maximum absolute atomic E-state index is 12.8. The van der Waals surface area contributed by atoms with E-state index in [-0.39, 0.29) is 17.4 Å². The van der Waals surface area contributed by atoms with Crippen LogP contribution in [0, 0.1) is 5.82 Å². The van der Waals surface area contributed by atoms with Crippen LogP contribution in [-0.4, -0.2) is 16.0 Å². The fourth-order valence-corrected chi connectivity index (χ4v) is 2.03. The Hall–Kier alpha value is -2.17. The van der Waals surface area contributed by atoms with E-state index in [2.05, 4.69) is 15.3 Å². The molecule has 0 aliphatic rings. The minimum absolute atomic E-state index is 0.0967. The van der Waals surface area contributed by atoms with Gasteiger partial charge in [-0.25, -0.2) is 9.37 Å². The lowest BCUT2D eigenvalue weighted by Crippen LogP contribution is -2.21. The van der Waals surface area contributed by atoms with Gasteiger partial charge in [0.05, 0.1) is 0 Å². The van der Waals surface area contributed by atoms with Crippen LogP contribution in [0.5, 0.6) is 0 Å². The van der Waals surface area contributed by atoms with Crippen LogP contribution in [-0.2, 0) is 12.8 Å². The fraction of sp³-hybridized carbons (Fsp3) is 0.333. The molecule has 0 saturated carbocycles. The number of anilines is 1. The Balaban J connectivity index is 2.04. The second kappa shape index (κ2) is 6.32. The molecule has 0 fully saturated rings. The average Bonchev–Trinajstić information content (AvgIpc) is 2.40. The maximum Gasteiger partial charge on any atom is 0.252 e. The van der Waals surface area contributed by atoms with Crippen LogP contribution in [0.4, 0.5) is 10.2 Å². The van der Waals surface area contributed by atoms with Crippen molar-refractivity contribution in [3.63, 3.8) is 0 Å². The van der Waals surface area contributed by atoms with Crippen molar-refractivity contribution in [2.24, 2.45) is 0 Å². The molecular weight excluding hydrogens is 257 g/mol. The second-order valence-corrected chi connectivity index (χ2v) is 4.81. The molecule has 5 heteroatoms. The van der Waals surface area contributed by atoms with Crippen LogP contribution in [0.3, 0.4) is 0 Å². The summed E-state index contributed by atoms with van der Waals surface area (Å²) in [7, 11) is 0. The van der Waals surface area contributed by atoms with Gasteiger partial charge in [0.25, 0.3) is 5.56 Å². The first-order valence-corrected chi connectivity index (χ1v) is 6.68. The molecule has 2 aromatic rings. The first-order valence-electron chi connectivity index (χ1n) is 6.68. The molecule has 0 spiro atoms. The van der Waals surface area contributed by atoms with Gasteiger partial charge < -0.3 is 10.3 Å². The monoisotopic (exact) mass is 275 g/mol. The highest BCUT2D eigenvalue weighted by Crippen LogP contribution is 2.09. The molecule has 1 heterocycles. The number of hydrogen-bond donors (Lipinski definition) is 2. The van der Waals surface area contributed by atoms with Crippen LogP contribution in [0.1, 0.15) is 25.2 Å². The number of nitrogens with zero attached hydrogens (tertiary/aromatic N) is 1. The van der Waals surface area contributed by atoms with Gasteiger partial charge in [0.1, 0.15) is 17.5 Å². The molecule has 1 aromatic heterocycles. The molecule has 0 amide bonds. The van der Waals surface area contributed by atoms with Gasteiger partial charge in [0.15, 0.2) is 0 Å². The van der Waals surface area contributed by atoms with E-state index >= 15 is 0 Å². The van der Waals surface area contributed by atoms with Crippen LogP contribution in [0.2, 0.25) is 0 Å². The van der Waals surface area contributed by atoms with E-state index < -0.39 is 0 Å². The minimum Gasteiger partial charge on any atom is -0.367 e. The summed E-state index contributed by atoms with van der Waals surface area (Å²) in [5, 5.41) is 3.20. The number of H-pyrrole nitrogens is 1. The predicted octanol–water partition coefficient (Wildman–Crippen LogP) is 2.51. The lowest BCUT2D eigenvalue weighted by atomic mass is 10.1. The van der Waals surface area contributed by atoms with Gasteiger partial charge in [0.2, 0.25) is 0 Å². The Labute approximate surface area is 117 Å². The minimum atomic E-state index is -0.238. The largest absolute Gasteiger partial charge is 0.367 e. The van der Waals surface area contributed by atoms with Gasteiger partial charge in [-0.15, -0.1) is 0 Å². The van der Waals surface area contributed by atoms with Crippen molar-refractivity contribution in [1.29, 1.82) is 0 Å². The fourth-order valence-electron chi connectivity index (χ4n) is 2.03. The van der Waals surface area contributed by atoms with Crippen molar-refractivity contribution in [2.45, 2.75) is 32.7 Å². The molecule has 0 bridgehead atoms. The molecule has 4 nitrogen and oxygen atoms in total. The Morgan fingerprint density at radius 2 is 2.05 bits per heavy atom. The number of benzene rings is 1. The normalized spacial score (nSPS) is 12.2. The third-order valence-electron chi connectivity index (χ3n) is 2.98. The van der Waals surface area contributed by atoms with Gasteiger partial charge >= 0.3 is 0 Å². The highest BCUT2D eigenvalue weighted by Gasteiger charge is 2.06. The Morgan fingerprint density at radius 3 is 2.70 bits per heavy atom. The van der Waals surface area contributed by atoms with Crippen molar-refractivity contribution in [3.05, 3.63) is 57.9 Å². The quantitative estimate of drug-likeness (QED) is 0.881. The van der Waals surface area contributed by atoms with Crippen molar-refractivity contribution in [1.82, 2.24) is 9.97 Å². The van der Waals surface area contributed by atoms with E-state index in [1.54, 1.807) is 12.1 Å². The summed E-state index contributed by atoms with van der Waals surface area (Å²) in [6.07, 6.45) is 1.41. The van der Waals surface area contributed by atoms with Crippen LogP contribution >= 0.6 is 0 Å². The number of halogens is 1. The van der Waals surface area contributed by atoms with E-state index in [1.165, 1.54) is 18.2 Å². The highest BCUT2D eigenvalue weighted by molar-refractivity contribution is 5.35. The molecule has 20 heavy (non-hydrogen) atoms. The summed E-state index contributed by atoms with van der Waals surface area (Å²) in [5.41, 5.74) is 0.875. The van der Waals surface area contributed by atoms with Gasteiger partial charge in [-0.1, -0.05) is 19.1 Å². The molecule has 1 atom stereocenters. The van der Waals surface area contributed by atoms with Crippen molar-refractivity contribution < 1.29 is 4.39 Å². The Morgan fingerprint density at radius 1 is 1.35 bits per heavy atom. The van der Waals surface area contributed by atoms with Crippen molar-refractivity contribution in [2.75, 3.05) is 5.32 Å². The predicted molar refractivity (Wildman–Crippen MR) is 77.4 cm³/mol. The average molecular weight is 275 g/mol. The van der Waals surface area contributed by atoms with Gasteiger partial charge in [-0.05, 0) is 31.0 Å². The summed E-state index contributed by atoms with van der Waals surface area (Å²) in [5.74, 6) is 0.993. The number of aromatic amines is 1. The van der Waals surface area contributed by atoms with E-state index in [9.17, 15) is 9.18 Å². The third-order valence-corrected chi connectivity index (χ3v) is 2.98. The van der Waals surface area contributed by atoms with Gasteiger partial charge in [-0.2, -0.15) is 0 Å². The summed E-state index contributed by atoms with van der Waals surface area (Å²) in [4.78, 5) is 18.5. The Kier molecular flexibility index (Phi) is 4.50. The first-order chi connectivity index (χ1) is 9.56.